The zero-order valence-electron chi connectivity index (χ0n) is 10.6. The lowest BCUT2D eigenvalue weighted by atomic mass is 10.2. The van der Waals surface area contributed by atoms with Crippen molar-refractivity contribution >= 4 is 0 Å². The van der Waals surface area contributed by atoms with E-state index in [1.165, 1.54) is 12.1 Å². The second-order valence-electron chi connectivity index (χ2n) is 4.19. The maximum absolute atomic E-state index is 12.7. The Morgan fingerprint density at radius 1 is 1.00 bits per heavy atom. The predicted octanol–water partition coefficient (Wildman–Crippen LogP) is 3.62. The van der Waals surface area contributed by atoms with E-state index in [9.17, 15) is 4.39 Å². The quantitative estimate of drug-likeness (QED) is 0.788. The van der Waals surface area contributed by atoms with Gasteiger partial charge >= 0.3 is 0 Å². The fourth-order valence-electron chi connectivity index (χ4n) is 1.62. The second-order valence-corrected chi connectivity index (χ2v) is 4.19. The number of ether oxygens (including phenoxy) is 2. The van der Waals surface area contributed by atoms with E-state index in [0.717, 1.165) is 5.56 Å². The van der Waals surface area contributed by atoms with Gasteiger partial charge in [0.1, 0.15) is 17.7 Å². The van der Waals surface area contributed by atoms with Crippen molar-refractivity contribution in [3.63, 3.8) is 0 Å². The molecule has 2 aromatic rings. The lowest BCUT2D eigenvalue weighted by Gasteiger charge is -2.14. The molecule has 99 valence electrons. The SMILES string of the molecule is [CH2][C@@H](COCc1ccccc1)Oc1ccc(F)cc1. The molecule has 2 rings (SSSR count). The van der Waals surface area contributed by atoms with Gasteiger partial charge in [-0.3, -0.25) is 0 Å². The first-order chi connectivity index (χ1) is 9.24. The first-order valence-electron chi connectivity index (χ1n) is 6.11. The fourth-order valence-corrected chi connectivity index (χ4v) is 1.62. The Morgan fingerprint density at radius 2 is 1.68 bits per heavy atom. The van der Waals surface area contributed by atoms with E-state index in [1.54, 1.807) is 12.1 Å². The minimum atomic E-state index is -0.325. The van der Waals surface area contributed by atoms with Gasteiger partial charge in [0.15, 0.2) is 0 Å². The summed E-state index contributed by atoms with van der Waals surface area (Å²) in [4.78, 5) is 0. The van der Waals surface area contributed by atoms with Crippen molar-refractivity contribution < 1.29 is 13.9 Å². The van der Waals surface area contributed by atoms with Gasteiger partial charge in [-0.15, -0.1) is 0 Å². The third kappa shape index (κ3) is 4.72. The standard InChI is InChI=1S/C16H16FO2/c1-13(19-16-9-7-15(17)8-10-16)11-18-12-14-5-3-2-4-6-14/h2-10,13H,1,11-12H2/t13-/m0/s1. The molecular weight excluding hydrogens is 243 g/mol. The maximum Gasteiger partial charge on any atom is 0.123 e. The Morgan fingerprint density at radius 3 is 2.37 bits per heavy atom. The molecule has 0 saturated carbocycles. The van der Waals surface area contributed by atoms with Crippen LogP contribution in [0.15, 0.2) is 54.6 Å². The molecule has 0 aliphatic heterocycles. The van der Waals surface area contributed by atoms with E-state index in [1.807, 2.05) is 30.3 Å². The molecule has 0 aliphatic rings. The molecule has 0 spiro atoms. The van der Waals surface area contributed by atoms with Crippen molar-refractivity contribution in [1.29, 1.82) is 0 Å². The highest BCUT2D eigenvalue weighted by atomic mass is 19.1. The third-order valence-corrected chi connectivity index (χ3v) is 2.53. The normalized spacial score (nSPS) is 12.1. The van der Waals surface area contributed by atoms with Gasteiger partial charge in [0.25, 0.3) is 0 Å². The van der Waals surface area contributed by atoms with Crippen LogP contribution in [0, 0.1) is 12.7 Å². The molecule has 0 unspecified atom stereocenters. The molecule has 2 aromatic carbocycles. The summed E-state index contributed by atoms with van der Waals surface area (Å²) in [6.07, 6.45) is -0.325. The number of halogens is 1. The first kappa shape index (κ1) is 13.6. The molecule has 0 N–H and O–H groups in total. The fraction of sp³-hybridized carbons (Fsp3) is 0.188. The maximum atomic E-state index is 12.7. The molecule has 0 aliphatic carbocycles. The average Bonchev–Trinajstić information content (AvgIpc) is 2.43. The molecule has 19 heavy (non-hydrogen) atoms. The first-order valence-corrected chi connectivity index (χ1v) is 6.11. The molecular formula is C16H16FO2. The van der Waals surface area contributed by atoms with Crippen LogP contribution in [0.1, 0.15) is 5.56 Å². The van der Waals surface area contributed by atoms with E-state index < -0.39 is 0 Å². The molecule has 3 heteroatoms. The molecule has 0 aromatic heterocycles. The van der Waals surface area contributed by atoms with Gasteiger partial charge in [0, 0.05) is 0 Å². The van der Waals surface area contributed by atoms with E-state index in [-0.39, 0.29) is 11.9 Å². The smallest absolute Gasteiger partial charge is 0.123 e. The van der Waals surface area contributed by atoms with Gasteiger partial charge in [-0.2, -0.15) is 0 Å². The average molecular weight is 259 g/mol. The largest absolute Gasteiger partial charge is 0.488 e. The van der Waals surface area contributed by atoms with Crippen molar-refractivity contribution in [2.24, 2.45) is 0 Å². The summed E-state index contributed by atoms with van der Waals surface area (Å²) in [5.41, 5.74) is 1.11. The molecule has 0 amide bonds. The van der Waals surface area contributed by atoms with Gasteiger partial charge in [0.2, 0.25) is 0 Å². The lowest BCUT2D eigenvalue weighted by molar-refractivity contribution is 0.0598. The minimum Gasteiger partial charge on any atom is -0.488 e. The van der Waals surface area contributed by atoms with Gasteiger partial charge in [-0.1, -0.05) is 30.3 Å². The molecule has 0 heterocycles. The van der Waals surface area contributed by atoms with Gasteiger partial charge in [-0.25, -0.2) is 4.39 Å². The molecule has 2 nitrogen and oxygen atoms in total. The Hall–Kier alpha value is -1.87. The number of rotatable bonds is 6. The minimum absolute atomic E-state index is 0.284. The van der Waals surface area contributed by atoms with Crippen LogP contribution in [0.25, 0.3) is 0 Å². The van der Waals surface area contributed by atoms with Crippen LogP contribution in [0.4, 0.5) is 4.39 Å². The number of hydrogen-bond donors (Lipinski definition) is 0. The van der Waals surface area contributed by atoms with Crippen LogP contribution >= 0.6 is 0 Å². The zero-order valence-corrected chi connectivity index (χ0v) is 10.6. The monoisotopic (exact) mass is 259 g/mol. The highest BCUT2D eigenvalue weighted by molar-refractivity contribution is 5.22. The van der Waals surface area contributed by atoms with Crippen LogP contribution in [-0.2, 0) is 11.3 Å². The summed E-state index contributed by atoms with van der Waals surface area (Å²) < 4.78 is 23.7. The van der Waals surface area contributed by atoms with Gasteiger partial charge < -0.3 is 9.47 Å². The third-order valence-electron chi connectivity index (χ3n) is 2.53. The second kappa shape index (κ2) is 6.90. The summed E-state index contributed by atoms with van der Waals surface area (Å²) in [7, 11) is 0. The molecule has 0 bridgehead atoms. The summed E-state index contributed by atoms with van der Waals surface area (Å²) in [5.74, 6) is 0.304. The Bertz CT molecular complexity index is 482. The van der Waals surface area contributed by atoms with Crippen molar-refractivity contribution in [2.45, 2.75) is 12.7 Å². The van der Waals surface area contributed by atoms with Crippen LogP contribution in [0.5, 0.6) is 5.75 Å². The van der Waals surface area contributed by atoms with Crippen LogP contribution in [0.3, 0.4) is 0 Å². The highest BCUT2D eigenvalue weighted by Crippen LogP contribution is 2.13. The zero-order chi connectivity index (χ0) is 13.5. The molecule has 0 fully saturated rings. The van der Waals surface area contributed by atoms with Crippen LogP contribution < -0.4 is 4.74 Å². The Labute approximate surface area is 112 Å². The van der Waals surface area contributed by atoms with Crippen LogP contribution in [0.2, 0.25) is 0 Å². The van der Waals surface area contributed by atoms with Crippen molar-refractivity contribution in [2.75, 3.05) is 6.61 Å². The summed E-state index contributed by atoms with van der Waals surface area (Å²) >= 11 is 0. The highest BCUT2D eigenvalue weighted by Gasteiger charge is 2.04. The van der Waals surface area contributed by atoms with E-state index in [0.29, 0.717) is 19.0 Å². The number of hydrogen-bond acceptors (Lipinski definition) is 2. The summed E-state index contributed by atoms with van der Waals surface area (Å²) in [6, 6.07) is 15.8. The molecule has 1 radical (unpaired) electrons. The topological polar surface area (TPSA) is 18.5 Å². The van der Waals surface area contributed by atoms with Gasteiger partial charge in [0.05, 0.1) is 13.2 Å². The summed E-state index contributed by atoms with van der Waals surface area (Å²) in [5, 5.41) is 0. The molecule has 1 atom stereocenters. The van der Waals surface area contributed by atoms with E-state index >= 15 is 0 Å². The van der Waals surface area contributed by atoms with Crippen molar-refractivity contribution in [3.8, 4) is 5.75 Å². The Balaban J connectivity index is 1.73. The number of benzene rings is 2. The van der Waals surface area contributed by atoms with E-state index in [4.69, 9.17) is 9.47 Å². The summed E-state index contributed by atoms with van der Waals surface area (Å²) in [6.45, 7) is 4.75. The van der Waals surface area contributed by atoms with E-state index in [2.05, 4.69) is 6.92 Å². The molecule has 0 saturated heterocycles. The van der Waals surface area contributed by atoms with Crippen molar-refractivity contribution in [3.05, 3.63) is 72.9 Å². The predicted molar refractivity (Wildman–Crippen MR) is 72.3 cm³/mol. The van der Waals surface area contributed by atoms with Gasteiger partial charge in [-0.05, 0) is 36.8 Å². The van der Waals surface area contributed by atoms with Crippen LogP contribution in [-0.4, -0.2) is 12.7 Å². The Kier molecular flexibility index (Phi) is 4.93. The lowest BCUT2D eigenvalue weighted by Crippen LogP contribution is -2.19. The van der Waals surface area contributed by atoms with Crippen molar-refractivity contribution in [1.82, 2.24) is 0 Å².